The van der Waals surface area contributed by atoms with E-state index < -0.39 is 18.1 Å². The molecule has 0 radical (unpaired) electrons. The maximum absolute atomic E-state index is 11.6. The molecule has 0 spiro atoms. The molecule has 0 aromatic heterocycles. The van der Waals surface area contributed by atoms with Crippen molar-refractivity contribution in [3.63, 3.8) is 0 Å². The second-order valence-corrected chi connectivity index (χ2v) is 5.09. The summed E-state index contributed by atoms with van der Waals surface area (Å²) in [4.78, 5) is 23.0. The van der Waals surface area contributed by atoms with Gasteiger partial charge in [-0.3, -0.25) is 0 Å². The lowest BCUT2D eigenvalue weighted by molar-refractivity contribution is -0.142. The van der Waals surface area contributed by atoms with E-state index in [1.54, 1.807) is 0 Å². The van der Waals surface area contributed by atoms with Gasteiger partial charge >= 0.3 is 12.1 Å². The normalized spacial score (nSPS) is 21.8. The zero-order valence-electron chi connectivity index (χ0n) is 10.2. The minimum atomic E-state index is -0.597. The van der Waals surface area contributed by atoms with E-state index in [0.29, 0.717) is 6.42 Å². The average molecular weight is 375 g/mol. The van der Waals surface area contributed by atoms with Crippen LogP contribution in [-0.2, 0) is 20.9 Å². The van der Waals surface area contributed by atoms with Crippen LogP contribution < -0.4 is 5.32 Å². The Balaban J connectivity index is 1.77. The Labute approximate surface area is 124 Å². The van der Waals surface area contributed by atoms with Gasteiger partial charge in [0.1, 0.15) is 18.8 Å². The molecular weight excluding hydrogens is 361 g/mol. The van der Waals surface area contributed by atoms with Gasteiger partial charge in [-0.15, -0.1) is 0 Å². The number of alkyl carbamates (subject to hydrolysis) is 1. The van der Waals surface area contributed by atoms with Crippen molar-refractivity contribution < 1.29 is 19.1 Å². The Kier molecular flexibility index (Phi) is 5.00. The predicted octanol–water partition coefficient (Wildman–Crippen LogP) is 2.03. The number of alkyl halides is 1. The van der Waals surface area contributed by atoms with Crippen molar-refractivity contribution in [2.24, 2.45) is 0 Å². The molecule has 1 aromatic rings. The fraction of sp³-hybridized carbons (Fsp3) is 0.385. The van der Waals surface area contributed by atoms with E-state index >= 15 is 0 Å². The Morgan fingerprint density at radius 1 is 1.42 bits per heavy atom. The highest BCUT2D eigenvalue weighted by Gasteiger charge is 2.35. The van der Waals surface area contributed by atoms with Gasteiger partial charge in [0, 0.05) is 10.8 Å². The SMILES string of the molecule is O=C(N[C@H]1C[C@@H](CI)OC1=O)OCc1ccccc1. The first kappa shape index (κ1) is 14.1. The zero-order valence-corrected chi connectivity index (χ0v) is 12.3. The summed E-state index contributed by atoms with van der Waals surface area (Å²) in [5, 5.41) is 2.52. The minimum Gasteiger partial charge on any atom is -0.460 e. The zero-order chi connectivity index (χ0) is 13.7. The first-order valence-electron chi connectivity index (χ1n) is 5.92. The second kappa shape index (κ2) is 6.74. The number of amides is 1. The summed E-state index contributed by atoms with van der Waals surface area (Å²) in [5.41, 5.74) is 0.900. The largest absolute Gasteiger partial charge is 0.460 e. The van der Waals surface area contributed by atoms with Crippen molar-refractivity contribution in [1.82, 2.24) is 5.32 Å². The molecule has 1 aliphatic heterocycles. The van der Waals surface area contributed by atoms with Gasteiger partial charge in [-0.1, -0.05) is 52.9 Å². The van der Waals surface area contributed by atoms with Crippen LogP contribution in [0.4, 0.5) is 4.79 Å². The van der Waals surface area contributed by atoms with Gasteiger partial charge in [-0.2, -0.15) is 0 Å². The van der Waals surface area contributed by atoms with E-state index in [0.717, 1.165) is 9.99 Å². The van der Waals surface area contributed by atoms with Crippen molar-refractivity contribution in [3.8, 4) is 0 Å². The summed E-state index contributed by atoms with van der Waals surface area (Å²) in [6, 6.07) is 8.77. The van der Waals surface area contributed by atoms with E-state index in [1.165, 1.54) is 0 Å². The van der Waals surface area contributed by atoms with Crippen molar-refractivity contribution in [3.05, 3.63) is 35.9 Å². The monoisotopic (exact) mass is 375 g/mol. The number of cyclic esters (lactones) is 1. The molecule has 2 rings (SSSR count). The van der Waals surface area contributed by atoms with Gasteiger partial charge in [0.25, 0.3) is 0 Å². The quantitative estimate of drug-likeness (QED) is 0.497. The van der Waals surface area contributed by atoms with Crippen LogP contribution in [0.5, 0.6) is 0 Å². The van der Waals surface area contributed by atoms with Crippen LogP contribution in [0, 0.1) is 0 Å². The van der Waals surface area contributed by atoms with Crippen LogP contribution in [0.25, 0.3) is 0 Å². The lowest BCUT2D eigenvalue weighted by Crippen LogP contribution is -2.38. The molecule has 102 valence electrons. The number of nitrogens with one attached hydrogen (secondary N) is 1. The Morgan fingerprint density at radius 2 is 2.16 bits per heavy atom. The summed E-state index contributed by atoms with van der Waals surface area (Å²) in [7, 11) is 0. The fourth-order valence-corrected chi connectivity index (χ4v) is 2.31. The lowest BCUT2D eigenvalue weighted by Gasteiger charge is -2.09. The summed E-state index contributed by atoms with van der Waals surface area (Å²) >= 11 is 2.15. The molecule has 19 heavy (non-hydrogen) atoms. The van der Waals surface area contributed by atoms with E-state index in [-0.39, 0.29) is 12.7 Å². The Hall–Kier alpha value is -1.31. The standard InChI is InChI=1S/C13H14INO4/c14-7-10-6-11(12(16)19-10)15-13(17)18-8-9-4-2-1-3-5-9/h1-5,10-11H,6-8H2,(H,15,17)/t10-,11-/m0/s1. The van der Waals surface area contributed by atoms with E-state index in [2.05, 4.69) is 27.9 Å². The second-order valence-electron chi connectivity index (χ2n) is 4.21. The van der Waals surface area contributed by atoms with Gasteiger partial charge in [0.15, 0.2) is 0 Å². The third-order valence-electron chi connectivity index (χ3n) is 2.74. The van der Waals surface area contributed by atoms with Crippen molar-refractivity contribution in [2.45, 2.75) is 25.2 Å². The first-order chi connectivity index (χ1) is 9.19. The Morgan fingerprint density at radius 3 is 2.79 bits per heavy atom. The van der Waals surface area contributed by atoms with E-state index in [4.69, 9.17) is 9.47 Å². The van der Waals surface area contributed by atoms with Crippen molar-refractivity contribution >= 4 is 34.7 Å². The number of benzene rings is 1. The van der Waals surface area contributed by atoms with Crippen LogP contribution in [-0.4, -0.2) is 28.6 Å². The third-order valence-corrected chi connectivity index (χ3v) is 3.73. The molecule has 0 bridgehead atoms. The molecular formula is C13H14INO4. The summed E-state index contributed by atoms with van der Waals surface area (Å²) in [5.74, 6) is -0.390. The molecule has 5 nitrogen and oxygen atoms in total. The van der Waals surface area contributed by atoms with Gasteiger partial charge in [-0.25, -0.2) is 9.59 Å². The number of halogens is 1. The van der Waals surface area contributed by atoms with Gasteiger partial charge in [-0.05, 0) is 5.56 Å². The molecule has 1 heterocycles. The average Bonchev–Trinajstić information content (AvgIpc) is 2.78. The van der Waals surface area contributed by atoms with E-state index in [1.807, 2.05) is 30.3 Å². The molecule has 0 unspecified atom stereocenters. The minimum absolute atomic E-state index is 0.118. The number of ether oxygens (including phenoxy) is 2. The van der Waals surface area contributed by atoms with Crippen LogP contribution in [0.2, 0.25) is 0 Å². The molecule has 2 atom stereocenters. The maximum atomic E-state index is 11.6. The van der Waals surface area contributed by atoms with Gasteiger partial charge in [0.05, 0.1) is 0 Å². The fourth-order valence-electron chi connectivity index (χ4n) is 1.77. The number of carbonyl (C=O) groups excluding carboxylic acids is 2. The molecule has 0 aliphatic carbocycles. The molecule has 1 fully saturated rings. The highest BCUT2D eigenvalue weighted by molar-refractivity contribution is 14.1. The summed E-state index contributed by atoms with van der Waals surface area (Å²) in [6.45, 7) is 0.185. The number of hydrogen-bond acceptors (Lipinski definition) is 4. The van der Waals surface area contributed by atoms with Crippen LogP contribution >= 0.6 is 22.6 Å². The Bertz CT molecular complexity index is 451. The molecule has 1 N–H and O–H groups in total. The molecule has 1 amide bonds. The lowest BCUT2D eigenvalue weighted by atomic mass is 10.2. The smallest absolute Gasteiger partial charge is 0.408 e. The number of esters is 1. The first-order valence-corrected chi connectivity index (χ1v) is 7.45. The van der Waals surface area contributed by atoms with Crippen molar-refractivity contribution in [2.75, 3.05) is 4.43 Å². The van der Waals surface area contributed by atoms with Gasteiger partial charge < -0.3 is 14.8 Å². The number of carbonyl (C=O) groups is 2. The maximum Gasteiger partial charge on any atom is 0.408 e. The highest BCUT2D eigenvalue weighted by atomic mass is 127. The van der Waals surface area contributed by atoms with Crippen molar-refractivity contribution in [1.29, 1.82) is 0 Å². The topological polar surface area (TPSA) is 64.6 Å². The highest BCUT2D eigenvalue weighted by Crippen LogP contribution is 2.17. The third kappa shape index (κ3) is 4.09. The molecule has 0 saturated carbocycles. The number of rotatable bonds is 4. The summed E-state index contributed by atoms with van der Waals surface area (Å²) < 4.78 is 10.8. The van der Waals surface area contributed by atoms with Gasteiger partial charge in [0.2, 0.25) is 0 Å². The van der Waals surface area contributed by atoms with Crippen LogP contribution in [0.3, 0.4) is 0 Å². The summed E-state index contributed by atoms with van der Waals surface area (Å²) in [6.07, 6.45) is -0.213. The molecule has 6 heteroatoms. The van der Waals surface area contributed by atoms with Crippen LogP contribution in [0.1, 0.15) is 12.0 Å². The molecule has 1 saturated heterocycles. The number of hydrogen-bond donors (Lipinski definition) is 1. The van der Waals surface area contributed by atoms with Crippen LogP contribution in [0.15, 0.2) is 30.3 Å². The molecule has 1 aromatic carbocycles. The van der Waals surface area contributed by atoms with E-state index in [9.17, 15) is 9.59 Å². The molecule has 1 aliphatic rings. The predicted molar refractivity (Wildman–Crippen MR) is 76.9 cm³/mol.